The second-order valence-electron chi connectivity index (χ2n) is 4.86. The SMILES string of the molecule is N#Cc1cc2c(nc1NCc1ccncn1)CCCC2. The van der Waals surface area contributed by atoms with Crippen molar-refractivity contribution in [3.8, 4) is 6.07 Å². The number of nitriles is 1. The number of nitrogens with one attached hydrogen (secondary N) is 1. The van der Waals surface area contributed by atoms with E-state index in [2.05, 4.69) is 26.3 Å². The number of fused-ring (bicyclic) bond motifs is 1. The fourth-order valence-electron chi connectivity index (χ4n) is 2.45. The second-order valence-corrected chi connectivity index (χ2v) is 4.86. The fourth-order valence-corrected chi connectivity index (χ4v) is 2.45. The van der Waals surface area contributed by atoms with Gasteiger partial charge in [-0.3, -0.25) is 0 Å². The molecule has 0 aromatic carbocycles. The maximum atomic E-state index is 9.26. The number of pyridine rings is 1. The van der Waals surface area contributed by atoms with Crippen molar-refractivity contribution in [1.29, 1.82) is 5.26 Å². The molecule has 0 aliphatic heterocycles. The van der Waals surface area contributed by atoms with E-state index in [1.807, 2.05) is 12.1 Å². The van der Waals surface area contributed by atoms with Gasteiger partial charge in [-0.1, -0.05) is 0 Å². The summed E-state index contributed by atoms with van der Waals surface area (Å²) in [5.41, 5.74) is 3.84. The van der Waals surface area contributed by atoms with Gasteiger partial charge in [-0.15, -0.1) is 0 Å². The highest BCUT2D eigenvalue weighted by molar-refractivity contribution is 5.54. The Kier molecular flexibility index (Phi) is 3.55. The van der Waals surface area contributed by atoms with Gasteiger partial charge in [0.15, 0.2) is 0 Å². The van der Waals surface area contributed by atoms with E-state index in [4.69, 9.17) is 0 Å². The first kappa shape index (κ1) is 12.5. The smallest absolute Gasteiger partial charge is 0.144 e. The van der Waals surface area contributed by atoms with Crippen LogP contribution in [0, 0.1) is 11.3 Å². The van der Waals surface area contributed by atoms with Crippen molar-refractivity contribution in [3.63, 3.8) is 0 Å². The normalized spacial score (nSPS) is 13.3. The van der Waals surface area contributed by atoms with E-state index in [0.717, 1.165) is 24.2 Å². The van der Waals surface area contributed by atoms with Crippen LogP contribution in [0.4, 0.5) is 5.82 Å². The first-order valence-corrected chi connectivity index (χ1v) is 6.78. The Hall–Kier alpha value is -2.48. The van der Waals surface area contributed by atoms with Crippen LogP contribution in [-0.2, 0) is 19.4 Å². The molecule has 0 radical (unpaired) electrons. The number of hydrogen-bond acceptors (Lipinski definition) is 5. The van der Waals surface area contributed by atoms with Crippen LogP contribution < -0.4 is 5.32 Å². The maximum Gasteiger partial charge on any atom is 0.144 e. The third-order valence-corrected chi connectivity index (χ3v) is 3.50. The van der Waals surface area contributed by atoms with Gasteiger partial charge in [0.2, 0.25) is 0 Å². The van der Waals surface area contributed by atoms with Crippen LogP contribution in [0.2, 0.25) is 0 Å². The monoisotopic (exact) mass is 265 g/mol. The molecule has 20 heavy (non-hydrogen) atoms. The molecular formula is C15H15N5. The molecule has 0 spiro atoms. The minimum atomic E-state index is 0.545. The summed E-state index contributed by atoms with van der Waals surface area (Å²) in [7, 11) is 0. The second kappa shape index (κ2) is 5.66. The van der Waals surface area contributed by atoms with E-state index in [1.54, 1.807) is 6.20 Å². The predicted molar refractivity (Wildman–Crippen MR) is 75.0 cm³/mol. The number of rotatable bonds is 3. The molecule has 0 amide bonds. The maximum absolute atomic E-state index is 9.26. The van der Waals surface area contributed by atoms with Crippen molar-refractivity contribution in [2.45, 2.75) is 32.2 Å². The lowest BCUT2D eigenvalue weighted by Gasteiger charge is -2.17. The Morgan fingerprint density at radius 3 is 3.00 bits per heavy atom. The van der Waals surface area contributed by atoms with Gasteiger partial charge in [-0.05, 0) is 43.4 Å². The van der Waals surface area contributed by atoms with Gasteiger partial charge in [-0.2, -0.15) is 5.26 Å². The minimum Gasteiger partial charge on any atom is -0.363 e. The van der Waals surface area contributed by atoms with Crippen molar-refractivity contribution in [1.82, 2.24) is 15.0 Å². The Balaban J connectivity index is 1.83. The van der Waals surface area contributed by atoms with E-state index < -0.39 is 0 Å². The third kappa shape index (κ3) is 2.59. The minimum absolute atomic E-state index is 0.545. The summed E-state index contributed by atoms with van der Waals surface area (Å²) in [5.74, 6) is 0.659. The van der Waals surface area contributed by atoms with Gasteiger partial charge in [0.1, 0.15) is 18.2 Å². The zero-order valence-electron chi connectivity index (χ0n) is 11.1. The van der Waals surface area contributed by atoms with E-state index in [1.165, 1.54) is 24.7 Å². The molecule has 1 aliphatic rings. The van der Waals surface area contributed by atoms with Gasteiger partial charge in [0.05, 0.1) is 17.8 Å². The van der Waals surface area contributed by atoms with Crippen LogP contribution in [0.1, 0.15) is 35.4 Å². The number of aromatic nitrogens is 3. The fraction of sp³-hybridized carbons (Fsp3) is 0.333. The number of aryl methyl sites for hydroxylation is 2. The predicted octanol–water partition coefficient (Wildman–Crippen LogP) is 2.23. The van der Waals surface area contributed by atoms with Crippen molar-refractivity contribution in [2.24, 2.45) is 0 Å². The summed E-state index contributed by atoms with van der Waals surface area (Å²) < 4.78 is 0. The molecule has 0 fully saturated rings. The van der Waals surface area contributed by atoms with E-state index in [-0.39, 0.29) is 0 Å². The molecule has 2 aromatic rings. The summed E-state index contributed by atoms with van der Waals surface area (Å²) in [6, 6.07) is 6.04. The average molecular weight is 265 g/mol. The summed E-state index contributed by atoms with van der Waals surface area (Å²) in [6.07, 6.45) is 7.62. The van der Waals surface area contributed by atoms with Gasteiger partial charge in [0.25, 0.3) is 0 Å². The third-order valence-electron chi connectivity index (χ3n) is 3.50. The Morgan fingerprint density at radius 1 is 1.30 bits per heavy atom. The first-order chi connectivity index (χ1) is 9.86. The standard InChI is InChI=1S/C15H15N5/c16-8-12-7-11-3-1-2-4-14(11)20-15(12)18-9-13-5-6-17-10-19-13/h5-7,10H,1-4,9H2,(H,18,20). The molecule has 0 saturated heterocycles. The Bertz CT molecular complexity index is 645. The number of anilines is 1. The van der Waals surface area contributed by atoms with Crippen molar-refractivity contribution >= 4 is 5.82 Å². The van der Waals surface area contributed by atoms with Crippen LogP contribution in [0.5, 0.6) is 0 Å². The van der Waals surface area contributed by atoms with Crippen LogP contribution in [0.25, 0.3) is 0 Å². The van der Waals surface area contributed by atoms with Crippen LogP contribution in [0.15, 0.2) is 24.7 Å². The average Bonchev–Trinajstić information content (AvgIpc) is 2.53. The number of nitrogens with zero attached hydrogens (tertiary/aromatic N) is 4. The molecular weight excluding hydrogens is 250 g/mol. The van der Waals surface area contributed by atoms with Crippen molar-refractivity contribution < 1.29 is 0 Å². The van der Waals surface area contributed by atoms with Gasteiger partial charge in [-0.25, -0.2) is 15.0 Å². The lowest BCUT2D eigenvalue weighted by Crippen LogP contribution is -2.11. The zero-order chi connectivity index (χ0) is 13.8. The molecule has 5 heteroatoms. The van der Waals surface area contributed by atoms with E-state index >= 15 is 0 Å². The van der Waals surface area contributed by atoms with Gasteiger partial charge in [0, 0.05) is 11.9 Å². The highest BCUT2D eigenvalue weighted by atomic mass is 15.0. The number of hydrogen-bond donors (Lipinski definition) is 1. The molecule has 2 aromatic heterocycles. The van der Waals surface area contributed by atoms with E-state index in [9.17, 15) is 5.26 Å². The Labute approximate surface area is 117 Å². The summed E-state index contributed by atoms with van der Waals surface area (Å²) >= 11 is 0. The first-order valence-electron chi connectivity index (χ1n) is 6.78. The van der Waals surface area contributed by atoms with Crippen molar-refractivity contribution in [2.75, 3.05) is 5.32 Å². The van der Waals surface area contributed by atoms with Crippen LogP contribution in [0.3, 0.4) is 0 Å². The highest BCUT2D eigenvalue weighted by Crippen LogP contribution is 2.24. The molecule has 1 N–H and O–H groups in total. The molecule has 2 heterocycles. The zero-order valence-corrected chi connectivity index (χ0v) is 11.1. The largest absolute Gasteiger partial charge is 0.363 e. The molecule has 0 unspecified atom stereocenters. The van der Waals surface area contributed by atoms with E-state index in [0.29, 0.717) is 17.9 Å². The van der Waals surface area contributed by atoms with Crippen molar-refractivity contribution in [3.05, 3.63) is 47.2 Å². The van der Waals surface area contributed by atoms with Crippen LogP contribution >= 0.6 is 0 Å². The molecule has 0 saturated carbocycles. The molecule has 0 atom stereocenters. The van der Waals surface area contributed by atoms with Gasteiger partial charge >= 0.3 is 0 Å². The summed E-state index contributed by atoms with van der Waals surface area (Å²) in [6.45, 7) is 0.545. The Morgan fingerprint density at radius 2 is 2.20 bits per heavy atom. The molecule has 1 aliphatic carbocycles. The summed E-state index contributed by atoms with van der Waals surface area (Å²) in [5, 5.41) is 12.5. The molecule has 3 rings (SSSR count). The highest BCUT2D eigenvalue weighted by Gasteiger charge is 2.14. The quantitative estimate of drug-likeness (QED) is 0.921. The van der Waals surface area contributed by atoms with Crippen LogP contribution in [-0.4, -0.2) is 15.0 Å². The molecule has 0 bridgehead atoms. The lowest BCUT2D eigenvalue weighted by atomic mass is 9.95. The topological polar surface area (TPSA) is 74.5 Å². The van der Waals surface area contributed by atoms with Gasteiger partial charge < -0.3 is 5.32 Å². The molecule has 5 nitrogen and oxygen atoms in total. The summed E-state index contributed by atoms with van der Waals surface area (Å²) in [4.78, 5) is 12.7. The lowest BCUT2D eigenvalue weighted by molar-refractivity contribution is 0.668. The molecule has 100 valence electrons.